The average Bonchev–Trinajstić information content (AvgIpc) is 3.29. The summed E-state index contributed by atoms with van der Waals surface area (Å²) in [6.07, 6.45) is -2.45. The van der Waals surface area contributed by atoms with Crippen molar-refractivity contribution in [2.24, 2.45) is 0 Å². The maximum Gasteiger partial charge on any atom is 0.416 e. The minimum Gasteiger partial charge on any atom is -0.476 e. The van der Waals surface area contributed by atoms with Crippen molar-refractivity contribution in [2.75, 3.05) is 6.61 Å². The number of ether oxygens (including phenoxy) is 1. The van der Waals surface area contributed by atoms with Gasteiger partial charge in [0.05, 0.1) is 12.2 Å². The molecule has 10 heteroatoms. The summed E-state index contributed by atoms with van der Waals surface area (Å²) in [5.74, 6) is 1.66. The second-order valence-electron chi connectivity index (χ2n) is 6.17. The van der Waals surface area contributed by atoms with Crippen LogP contribution in [0.5, 0.6) is 5.88 Å². The van der Waals surface area contributed by atoms with E-state index in [1.165, 1.54) is 23.9 Å². The summed E-state index contributed by atoms with van der Waals surface area (Å²) in [6.45, 7) is 7.70. The highest BCUT2D eigenvalue weighted by molar-refractivity contribution is 7.98. The average molecular weight is 425 g/mol. The molecular formula is C19H22F3N5OS. The van der Waals surface area contributed by atoms with E-state index in [0.717, 1.165) is 23.3 Å². The van der Waals surface area contributed by atoms with Crippen LogP contribution >= 0.6 is 11.8 Å². The lowest BCUT2D eigenvalue weighted by Gasteiger charge is -2.09. The lowest BCUT2D eigenvalue weighted by molar-refractivity contribution is -0.137. The molecule has 6 nitrogen and oxygen atoms in total. The summed E-state index contributed by atoms with van der Waals surface area (Å²) in [4.78, 5) is 0. The van der Waals surface area contributed by atoms with Crippen molar-refractivity contribution in [1.29, 1.82) is 0 Å². The third-order valence-corrected chi connectivity index (χ3v) is 5.29. The Kier molecular flexibility index (Phi) is 6.51. The molecule has 0 bridgehead atoms. The predicted molar refractivity (Wildman–Crippen MR) is 105 cm³/mol. The Morgan fingerprint density at radius 2 is 1.76 bits per heavy atom. The van der Waals surface area contributed by atoms with Crippen LogP contribution in [-0.2, 0) is 25.0 Å². The van der Waals surface area contributed by atoms with E-state index >= 15 is 0 Å². The monoisotopic (exact) mass is 425 g/mol. The van der Waals surface area contributed by atoms with Crippen molar-refractivity contribution in [3.8, 4) is 17.3 Å². The first kappa shape index (κ1) is 21.2. The Morgan fingerprint density at radius 1 is 1.03 bits per heavy atom. The number of hydrogen-bond donors (Lipinski definition) is 0. The summed E-state index contributed by atoms with van der Waals surface area (Å²) in [6, 6.07) is 5.17. The lowest BCUT2D eigenvalue weighted by Crippen LogP contribution is -2.04. The Hall–Kier alpha value is -2.49. The molecule has 0 aliphatic heterocycles. The van der Waals surface area contributed by atoms with Crippen LogP contribution in [0.2, 0.25) is 0 Å². The van der Waals surface area contributed by atoms with Crippen LogP contribution in [0.4, 0.5) is 13.2 Å². The quantitative estimate of drug-likeness (QED) is 0.481. The van der Waals surface area contributed by atoms with Crippen molar-refractivity contribution < 1.29 is 17.9 Å². The second-order valence-corrected chi connectivity index (χ2v) is 7.11. The Morgan fingerprint density at radius 3 is 2.34 bits per heavy atom. The highest BCUT2D eigenvalue weighted by Crippen LogP contribution is 2.32. The molecule has 0 unspecified atom stereocenters. The van der Waals surface area contributed by atoms with E-state index in [9.17, 15) is 13.2 Å². The molecule has 156 valence electrons. The molecule has 2 heterocycles. The number of halogens is 3. The molecule has 0 amide bonds. The molecule has 1 aromatic carbocycles. The predicted octanol–water partition coefficient (Wildman–Crippen LogP) is 4.89. The first-order chi connectivity index (χ1) is 13.9. The van der Waals surface area contributed by atoms with Crippen molar-refractivity contribution in [3.63, 3.8) is 0 Å². The van der Waals surface area contributed by atoms with Gasteiger partial charge in [0.1, 0.15) is 5.56 Å². The van der Waals surface area contributed by atoms with Gasteiger partial charge in [-0.05, 0) is 38.5 Å². The van der Waals surface area contributed by atoms with Gasteiger partial charge in [0.25, 0.3) is 0 Å². The van der Waals surface area contributed by atoms with Crippen molar-refractivity contribution in [2.45, 2.75) is 50.9 Å². The maximum atomic E-state index is 12.7. The topological polar surface area (TPSA) is 57.8 Å². The van der Waals surface area contributed by atoms with E-state index < -0.39 is 11.7 Å². The Bertz CT molecular complexity index is 950. The standard InChI is InChI=1S/C19H22F3N5OS/c1-4-26-11-15(17(25-26)28-6-3)16-23-24-18(27(16)5-2)29-12-13-7-9-14(10-8-13)19(20,21)22/h7-11H,4-6,12H2,1-3H3. The van der Waals surface area contributed by atoms with Crippen molar-refractivity contribution in [3.05, 3.63) is 41.6 Å². The number of aromatic nitrogens is 5. The fourth-order valence-electron chi connectivity index (χ4n) is 2.78. The second kappa shape index (κ2) is 8.89. The SMILES string of the molecule is CCOc1nn(CC)cc1-c1nnc(SCc2ccc(C(F)(F)F)cc2)n1CC. The molecule has 3 rings (SSSR count). The number of rotatable bonds is 8. The normalized spacial score (nSPS) is 11.8. The molecule has 0 fully saturated rings. The molecule has 2 aromatic heterocycles. The van der Waals surface area contributed by atoms with Crippen molar-refractivity contribution >= 4 is 11.8 Å². The first-order valence-electron chi connectivity index (χ1n) is 9.30. The lowest BCUT2D eigenvalue weighted by atomic mass is 10.1. The van der Waals surface area contributed by atoms with Gasteiger partial charge >= 0.3 is 6.18 Å². The van der Waals surface area contributed by atoms with Crippen LogP contribution < -0.4 is 4.74 Å². The molecule has 0 saturated carbocycles. The van der Waals surface area contributed by atoms with E-state index in [1.54, 1.807) is 4.68 Å². The zero-order chi connectivity index (χ0) is 21.0. The van der Waals surface area contributed by atoms with E-state index in [4.69, 9.17) is 4.74 Å². The maximum absolute atomic E-state index is 12.7. The third kappa shape index (κ3) is 4.75. The van der Waals surface area contributed by atoms with Crippen LogP contribution in [-0.4, -0.2) is 31.2 Å². The van der Waals surface area contributed by atoms with Gasteiger partial charge in [-0.2, -0.15) is 13.2 Å². The number of thioether (sulfide) groups is 1. The number of hydrogen-bond acceptors (Lipinski definition) is 5. The van der Waals surface area contributed by atoms with Crippen LogP contribution in [0.25, 0.3) is 11.4 Å². The van der Waals surface area contributed by atoms with Gasteiger partial charge in [0, 0.05) is 25.0 Å². The largest absolute Gasteiger partial charge is 0.476 e. The van der Waals surface area contributed by atoms with Crippen molar-refractivity contribution in [1.82, 2.24) is 24.5 Å². The molecule has 0 atom stereocenters. The van der Waals surface area contributed by atoms with Gasteiger partial charge in [0.15, 0.2) is 11.0 Å². The number of alkyl halides is 3. The molecule has 0 saturated heterocycles. The zero-order valence-corrected chi connectivity index (χ0v) is 17.2. The van der Waals surface area contributed by atoms with Gasteiger partial charge in [0.2, 0.25) is 5.88 Å². The minimum absolute atomic E-state index is 0.489. The Balaban J connectivity index is 1.81. The number of aryl methyl sites for hydroxylation is 1. The molecular weight excluding hydrogens is 403 g/mol. The zero-order valence-electron chi connectivity index (χ0n) is 16.4. The number of benzene rings is 1. The summed E-state index contributed by atoms with van der Waals surface area (Å²) in [5.41, 5.74) is 0.898. The van der Waals surface area contributed by atoms with Gasteiger partial charge in [-0.3, -0.25) is 4.68 Å². The Labute approximate surface area is 171 Å². The highest BCUT2D eigenvalue weighted by atomic mass is 32.2. The van der Waals surface area contributed by atoms with E-state index in [0.29, 0.717) is 42.3 Å². The van der Waals surface area contributed by atoms with E-state index in [2.05, 4.69) is 15.3 Å². The van der Waals surface area contributed by atoms with Crippen LogP contribution in [0, 0.1) is 0 Å². The molecule has 0 radical (unpaired) electrons. The van der Waals surface area contributed by atoms with Gasteiger partial charge in [-0.15, -0.1) is 15.3 Å². The third-order valence-electron chi connectivity index (χ3n) is 4.26. The van der Waals surface area contributed by atoms with E-state index in [1.807, 2.05) is 31.5 Å². The fourth-order valence-corrected chi connectivity index (χ4v) is 3.74. The summed E-state index contributed by atoms with van der Waals surface area (Å²) < 4.78 is 47.5. The van der Waals surface area contributed by atoms with Crippen LogP contribution in [0.15, 0.2) is 35.6 Å². The molecule has 29 heavy (non-hydrogen) atoms. The van der Waals surface area contributed by atoms with Crippen LogP contribution in [0.3, 0.4) is 0 Å². The van der Waals surface area contributed by atoms with Gasteiger partial charge in [-0.1, -0.05) is 23.9 Å². The molecule has 3 aromatic rings. The van der Waals surface area contributed by atoms with Gasteiger partial charge in [-0.25, -0.2) is 0 Å². The first-order valence-corrected chi connectivity index (χ1v) is 10.3. The summed E-state index contributed by atoms with van der Waals surface area (Å²) in [7, 11) is 0. The molecule has 0 N–H and O–H groups in total. The molecule has 0 spiro atoms. The smallest absolute Gasteiger partial charge is 0.416 e. The summed E-state index contributed by atoms with van der Waals surface area (Å²) >= 11 is 1.43. The summed E-state index contributed by atoms with van der Waals surface area (Å²) in [5, 5.41) is 13.7. The fraction of sp³-hybridized carbons (Fsp3) is 0.421. The van der Waals surface area contributed by atoms with Gasteiger partial charge < -0.3 is 9.30 Å². The van der Waals surface area contributed by atoms with Crippen LogP contribution in [0.1, 0.15) is 31.9 Å². The number of nitrogens with zero attached hydrogens (tertiary/aromatic N) is 5. The minimum atomic E-state index is -4.33. The molecule has 0 aliphatic rings. The highest BCUT2D eigenvalue weighted by Gasteiger charge is 2.30. The van der Waals surface area contributed by atoms with E-state index in [-0.39, 0.29) is 0 Å². The molecule has 0 aliphatic carbocycles.